The second-order valence-corrected chi connectivity index (χ2v) is 5.27. The molecule has 25 heavy (non-hydrogen) atoms. The van der Waals surface area contributed by atoms with Gasteiger partial charge < -0.3 is 18.8 Å². The highest BCUT2D eigenvalue weighted by Crippen LogP contribution is 2.33. The molecule has 0 saturated carbocycles. The maximum absolute atomic E-state index is 12.5. The minimum Gasteiger partial charge on any atom is -0.465 e. The summed E-state index contributed by atoms with van der Waals surface area (Å²) in [5, 5.41) is 0.594. The van der Waals surface area contributed by atoms with Crippen LogP contribution in [0.15, 0.2) is 24.3 Å². The van der Waals surface area contributed by atoms with Crippen molar-refractivity contribution in [1.82, 2.24) is 4.57 Å². The van der Waals surface area contributed by atoms with Crippen LogP contribution in [0.4, 0.5) is 0 Å². The Bertz CT molecular complexity index is 789. The first kappa shape index (κ1) is 18.5. The predicted molar refractivity (Wildman–Crippen MR) is 90.3 cm³/mol. The fourth-order valence-electron chi connectivity index (χ4n) is 2.84. The van der Waals surface area contributed by atoms with Crippen molar-refractivity contribution in [2.45, 2.75) is 19.8 Å². The topological polar surface area (TPSA) is 83.8 Å². The lowest BCUT2D eigenvalue weighted by Crippen LogP contribution is -2.28. The van der Waals surface area contributed by atoms with E-state index in [1.807, 2.05) is 0 Å². The lowest BCUT2D eigenvalue weighted by atomic mass is 9.95. The molecule has 0 aliphatic carbocycles. The minimum atomic E-state index is -1.36. The van der Waals surface area contributed by atoms with E-state index in [0.717, 1.165) is 0 Å². The molecule has 1 aromatic heterocycles. The first-order chi connectivity index (χ1) is 12.0. The van der Waals surface area contributed by atoms with E-state index in [1.165, 1.54) is 7.11 Å². The Morgan fingerprint density at radius 3 is 2.12 bits per heavy atom. The number of hydrogen-bond acceptors (Lipinski definition) is 6. The summed E-state index contributed by atoms with van der Waals surface area (Å²) in [6.45, 7) is 3.50. The van der Waals surface area contributed by atoms with Gasteiger partial charge in [0.2, 0.25) is 0 Å². The summed E-state index contributed by atoms with van der Waals surface area (Å²) in [5.41, 5.74) is 1.05. The zero-order chi connectivity index (χ0) is 18.6. The fourth-order valence-corrected chi connectivity index (χ4v) is 2.84. The summed E-state index contributed by atoms with van der Waals surface area (Å²) < 4.78 is 16.6. The van der Waals surface area contributed by atoms with Crippen molar-refractivity contribution in [1.29, 1.82) is 0 Å². The molecule has 0 aliphatic heterocycles. The summed E-state index contributed by atoms with van der Waals surface area (Å²) in [6.07, 6.45) is 0. The van der Waals surface area contributed by atoms with Crippen LogP contribution >= 0.6 is 0 Å². The number of carbonyl (C=O) groups is 3. The van der Waals surface area contributed by atoms with Gasteiger partial charge in [-0.2, -0.15) is 0 Å². The molecule has 0 atom stereocenters. The van der Waals surface area contributed by atoms with Crippen LogP contribution in [-0.2, 0) is 30.8 Å². The Morgan fingerprint density at radius 2 is 1.60 bits per heavy atom. The van der Waals surface area contributed by atoms with Crippen molar-refractivity contribution in [3.63, 3.8) is 0 Å². The third kappa shape index (κ3) is 3.35. The van der Waals surface area contributed by atoms with E-state index < -0.39 is 23.8 Å². The number of carbonyl (C=O) groups excluding carboxylic acids is 3. The highest BCUT2D eigenvalue weighted by molar-refractivity contribution is 6.09. The summed E-state index contributed by atoms with van der Waals surface area (Å²) in [7, 11) is 2.92. The van der Waals surface area contributed by atoms with Crippen LogP contribution in [-0.4, -0.2) is 42.8 Å². The molecule has 2 rings (SSSR count). The highest BCUT2D eigenvalue weighted by atomic mass is 16.6. The maximum Gasteiger partial charge on any atom is 0.355 e. The van der Waals surface area contributed by atoms with E-state index in [-0.39, 0.29) is 24.5 Å². The van der Waals surface area contributed by atoms with Gasteiger partial charge in [0.25, 0.3) is 0 Å². The number of rotatable bonds is 6. The summed E-state index contributed by atoms with van der Waals surface area (Å²) >= 11 is 0. The van der Waals surface area contributed by atoms with E-state index in [9.17, 15) is 14.4 Å². The number of ether oxygens (including phenoxy) is 3. The van der Waals surface area contributed by atoms with Crippen LogP contribution in [0.5, 0.6) is 0 Å². The number of benzene rings is 1. The zero-order valence-electron chi connectivity index (χ0n) is 14.7. The lowest BCUT2D eigenvalue weighted by Gasteiger charge is -2.16. The molecule has 0 N–H and O–H groups in total. The quantitative estimate of drug-likeness (QED) is 0.452. The number of nitrogens with zero attached hydrogens (tertiary/aromatic N) is 1. The first-order valence-electron chi connectivity index (χ1n) is 7.96. The van der Waals surface area contributed by atoms with Crippen LogP contribution in [0.1, 0.15) is 35.8 Å². The molecule has 0 unspecified atom stereocenters. The smallest absolute Gasteiger partial charge is 0.355 e. The van der Waals surface area contributed by atoms with E-state index in [1.54, 1.807) is 49.7 Å². The third-order valence-electron chi connectivity index (χ3n) is 3.86. The molecule has 0 saturated heterocycles. The van der Waals surface area contributed by atoms with Crippen LogP contribution < -0.4 is 0 Å². The van der Waals surface area contributed by atoms with Gasteiger partial charge in [0.1, 0.15) is 5.69 Å². The van der Waals surface area contributed by atoms with Crippen LogP contribution in [0, 0.1) is 0 Å². The third-order valence-corrected chi connectivity index (χ3v) is 3.86. The SMILES string of the molecule is CCOC(=O)C(C(=O)OCC)c1c(C(=O)OC)n(C)c2ccccc12. The van der Waals surface area contributed by atoms with E-state index in [4.69, 9.17) is 14.2 Å². The Hall–Kier alpha value is -2.83. The van der Waals surface area contributed by atoms with Gasteiger partial charge >= 0.3 is 17.9 Å². The number of aromatic nitrogens is 1. The number of methoxy groups -OCH3 is 1. The van der Waals surface area contributed by atoms with Gasteiger partial charge in [0, 0.05) is 23.5 Å². The van der Waals surface area contributed by atoms with E-state index >= 15 is 0 Å². The van der Waals surface area contributed by atoms with E-state index in [2.05, 4.69) is 0 Å². The average molecular weight is 347 g/mol. The number of esters is 3. The Balaban J connectivity index is 2.78. The number of para-hydroxylation sites is 1. The molecule has 0 fully saturated rings. The fraction of sp³-hybridized carbons (Fsp3) is 0.389. The highest BCUT2D eigenvalue weighted by Gasteiger charge is 2.38. The van der Waals surface area contributed by atoms with Gasteiger partial charge in [0.05, 0.1) is 20.3 Å². The van der Waals surface area contributed by atoms with Gasteiger partial charge in [-0.1, -0.05) is 18.2 Å². The molecule has 0 spiro atoms. The maximum atomic E-state index is 12.5. The molecular formula is C18H21NO6. The predicted octanol–water partition coefficient (Wildman–Crippen LogP) is 2.17. The van der Waals surface area contributed by atoms with Crippen LogP contribution in [0.3, 0.4) is 0 Å². The Labute approximate surface area is 145 Å². The number of fused-ring (bicyclic) bond motifs is 1. The molecule has 0 radical (unpaired) electrons. The van der Waals surface area contributed by atoms with Crippen molar-refractivity contribution in [3.05, 3.63) is 35.5 Å². The van der Waals surface area contributed by atoms with Crippen molar-refractivity contribution >= 4 is 28.8 Å². The molecule has 1 aromatic carbocycles. The molecule has 134 valence electrons. The van der Waals surface area contributed by atoms with Gasteiger partial charge in [-0.25, -0.2) is 4.79 Å². The van der Waals surface area contributed by atoms with Crippen molar-refractivity contribution in [3.8, 4) is 0 Å². The monoisotopic (exact) mass is 347 g/mol. The van der Waals surface area contributed by atoms with Crippen molar-refractivity contribution < 1.29 is 28.6 Å². The van der Waals surface area contributed by atoms with Crippen LogP contribution in [0.2, 0.25) is 0 Å². The lowest BCUT2D eigenvalue weighted by molar-refractivity contribution is -0.156. The van der Waals surface area contributed by atoms with Crippen molar-refractivity contribution in [2.75, 3.05) is 20.3 Å². The van der Waals surface area contributed by atoms with Gasteiger partial charge in [-0.3, -0.25) is 9.59 Å². The molecule has 0 amide bonds. The average Bonchev–Trinajstić information content (AvgIpc) is 2.88. The second kappa shape index (κ2) is 7.83. The second-order valence-electron chi connectivity index (χ2n) is 5.27. The summed E-state index contributed by atoms with van der Waals surface area (Å²) in [5.74, 6) is -3.53. The van der Waals surface area contributed by atoms with Crippen LogP contribution in [0.25, 0.3) is 10.9 Å². The molecule has 1 heterocycles. The molecule has 0 bridgehead atoms. The van der Waals surface area contributed by atoms with Gasteiger partial charge in [0.15, 0.2) is 5.92 Å². The molecule has 7 heteroatoms. The zero-order valence-corrected chi connectivity index (χ0v) is 14.7. The Morgan fingerprint density at radius 1 is 1.04 bits per heavy atom. The molecule has 0 aliphatic rings. The largest absolute Gasteiger partial charge is 0.465 e. The Kier molecular flexibility index (Phi) is 5.80. The molecule has 2 aromatic rings. The molecule has 7 nitrogen and oxygen atoms in total. The number of aryl methyl sites for hydroxylation is 1. The standard InChI is InChI=1S/C18H21NO6/c1-5-24-16(20)14(17(21)25-6-2)13-11-9-7-8-10-12(11)19(3)15(13)18(22)23-4/h7-10,14H,5-6H2,1-4H3. The van der Waals surface area contributed by atoms with E-state index in [0.29, 0.717) is 10.9 Å². The van der Waals surface area contributed by atoms with Gasteiger partial charge in [-0.15, -0.1) is 0 Å². The number of hydrogen-bond donors (Lipinski definition) is 0. The van der Waals surface area contributed by atoms with Crippen molar-refractivity contribution in [2.24, 2.45) is 7.05 Å². The van der Waals surface area contributed by atoms with Gasteiger partial charge in [-0.05, 0) is 19.9 Å². The summed E-state index contributed by atoms with van der Waals surface area (Å²) in [6, 6.07) is 7.10. The summed E-state index contributed by atoms with van der Waals surface area (Å²) in [4.78, 5) is 37.3. The minimum absolute atomic E-state index is 0.104. The molecular weight excluding hydrogens is 326 g/mol. The first-order valence-corrected chi connectivity index (χ1v) is 7.96. The normalized spacial score (nSPS) is 10.8.